The molecule has 0 bridgehead atoms. The molecule has 0 spiro atoms. The van der Waals surface area contributed by atoms with Gasteiger partial charge in [-0.05, 0) is 12.8 Å². The van der Waals surface area contributed by atoms with Gasteiger partial charge in [-0.1, -0.05) is 38.5 Å². The Morgan fingerprint density at radius 3 is 1.94 bits per heavy atom. The number of Topliss-reactive ketones (excluding diaryl/α,β-unsaturated/α-hetero) is 1. The van der Waals surface area contributed by atoms with Crippen molar-refractivity contribution in [3.63, 3.8) is 0 Å². The Morgan fingerprint density at radius 1 is 0.941 bits per heavy atom. The molecule has 17 heavy (non-hydrogen) atoms. The number of hydrogen-bond acceptors (Lipinski definition) is 2. The molecule has 1 aliphatic carbocycles. The van der Waals surface area contributed by atoms with Crippen LogP contribution in [0.1, 0.15) is 64.2 Å². The van der Waals surface area contributed by atoms with Crippen LogP contribution in [0.3, 0.4) is 0 Å². The maximum absolute atomic E-state index is 11.7. The fourth-order valence-electron chi connectivity index (χ4n) is 2.26. The zero-order valence-corrected chi connectivity index (χ0v) is 9.86. The van der Waals surface area contributed by atoms with Crippen LogP contribution < -0.4 is 0 Å². The molecule has 0 heterocycles. The van der Waals surface area contributed by atoms with Crippen molar-refractivity contribution in [2.45, 2.75) is 70.3 Å². The summed E-state index contributed by atoms with van der Waals surface area (Å²) in [5.41, 5.74) is 0. The average Bonchev–Trinajstić information content (AvgIpc) is 2.22. The van der Waals surface area contributed by atoms with E-state index in [2.05, 4.69) is 0 Å². The van der Waals surface area contributed by atoms with Crippen LogP contribution in [0.2, 0.25) is 0 Å². The van der Waals surface area contributed by atoms with Crippen molar-refractivity contribution in [3.8, 4) is 0 Å². The molecular formula is C12H24CaNO3+. The topological polar surface area (TPSA) is 57.4 Å². The van der Waals surface area contributed by atoms with Crippen LogP contribution in [0.5, 0.6) is 0 Å². The zero-order valence-electron chi connectivity index (χ0n) is 9.86. The summed E-state index contributed by atoms with van der Waals surface area (Å²) in [5.74, 6) is -0.0990. The van der Waals surface area contributed by atoms with E-state index in [4.69, 9.17) is 5.21 Å². The quantitative estimate of drug-likeness (QED) is 0.586. The van der Waals surface area contributed by atoms with E-state index >= 15 is 0 Å². The Morgan fingerprint density at radius 2 is 1.41 bits per heavy atom. The summed E-state index contributed by atoms with van der Waals surface area (Å²) in [6, 6.07) is -0.820. The van der Waals surface area contributed by atoms with Crippen LogP contribution >= 0.6 is 0 Å². The second-order valence-corrected chi connectivity index (χ2v) is 4.65. The standard InChI is InChI=1S/C12H22NO3.Ca.2H/c14-12-10-8-6-4-2-1-3-5-7-9-11(12)13(15)16;;;/h11H,1-10H2,(H,15,16);;;/q+1;;;. The van der Waals surface area contributed by atoms with Crippen LogP contribution in [-0.2, 0) is 4.79 Å². The van der Waals surface area contributed by atoms with Crippen LogP contribution in [-0.4, -0.2) is 59.7 Å². The van der Waals surface area contributed by atoms with Gasteiger partial charge in [-0.15, -0.1) is 0 Å². The average molecular weight is 270 g/mol. The van der Waals surface area contributed by atoms with E-state index in [9.17, 15) is 9.70 Å². The fourth-order valence-corrected chi connectivity index (χ4v) is 2.26. The Hall–Kier alpha value is 0.330. The minimum absolute atomic E-state index is 0. The van der Waals surface area contributed by atoms with Gasteiger partial charge >= 0.3 is 43.8 Å². The molecule has 0 aromatic carbocycles. The Labute approximate surface area is 133 Å². The molecule has 1 aliphatic rings. The van der Waals surface area contributed by atoms with E-state index < -0.39 is 6.04 Å². The van der Waals surface area contributed by atoms with Crippen molar-refractivity contribution in [3.05, 3.63) is 4.91 Å². The van der Waals surface area contributed by atoms with Gasteiger partial charge in [0, 0.05) is 12.8 Å². The predicted molar refractivity (Wildman–Crippen MR) is 68.9 cm³/mol. The summed E-state index contributed by atoms with van der Waals surface area (Å²) in [4.78, 5) is 22.4. The molecule has 1 N–H and O–H groups in total. The van der Waals surface area contributed by atoms with Gasteiger partial charge in [0.15, 0.2) is 0 Å². The second kappa shape index (κ2) is 10.3. The van der Waals surface area contributed by atoms with Crippen LogP contribution in [0.15, 0.2) is 0 Å². The molecule has 0 aliphatic heterocycles. The van der Waals surface area contributed by atoms with Gasteiger partial charge in [0.1, 0.15) is 0 Å². The molecule has 4 nitrogen and oxygen atoms in total. The number of nitrogens with zero attached hydrogens (tertiary/aromatic N) is 1. The number of carbonyl (C=O) groups is 1. The molecule has 5 heteroatoms. The monoisotopic (exact) mass is 270 g/mol. The molecule has 0 aromatic heterocycles. The Kier molecular flexibility index (Phi) is 10.5. The first-order chi connectivity index (χ1) is 7.72. The van der Waals surface area contributed by atoms with Crippen molar-refractivity contribution in [2.75, 3.05) is 0 Å². The van der Waals surface area contributed by atoms with E-state index in [1.807, 2.05) is 0 Å². The van der Waals surface area contributed by atoms with Gasteiger partial charge in [0.05, 0.1) is 4.91 Å². The predicted octanol–water partition coefficient (Wildman–Crippen LogP) is 2.09. The van der Waals surface area contributed by atoms with Gasteiger partial charge in [-0.3, -0.25) is 4.79 Å². The van der Waals surface area contributed by atoms with Crippen LogP contribution in [0.4, 0.5) is 0 Å². The van der Waals surface area contributed by atoms with Crippen molar-refractivity contribution in [2.24, 2.45) is 0 Å². The zero-order chi connectivity index (χ0) is 11.8. The Bertz CT molecular complexity index is 246. The molecular weight excluding hydrogens is 246 g/mol. The third-order valence-corrected chi connectivity index (χ3v) is 3.29. The molecule has 1 atom stereocenters. The van der Waals surface area contributed by atoms with E-state index in [-0.39, 0.29) is 48.4 Å². The number of ketones is 1. The number of carbonyl (C=O) groups excluding carboxylic acids is 1. The summed E-state index contributed by atoms with van der Waals surface area (Å²) in [7, 11) is 0. The van der Waals surface area contributed by atoms with Crippen LogP contribution in [0.25, 0.3) is 0 Å². The molecule has 1 saturated carbocycles. The summed E-state index contributed by atoms with van der Waals surface area (Å²) < 4.78 is 0. The minimum atomic E-state index is -0.820. The van der Waals surface area contributed by atoms with Gasteiger partial charge in [-0.25, -0.2) is 5.21 Å². The molecule has 1 rings (SSSR count). The van der Waals surface area contributed by atoms with Gasteiger partial charge in [-0.2, -0.15) is 0 Å². The van der Waals surface area contributed by atoms with E-state index in [0.29, 0.717) is 12.8 Å². The van der Waals surface area contributed by atoms with E-state index in [1.54, 1.807) is 0 Å². The molecule has 1 fully saturated rings. The first-order valence-corrected chi connectivity index (χ1v) is 6.40. The Balaban J connectivity index is 0.00000256. The van der Waals surface area contributed by atoms with Crippen molar-refractivity contribution in [1.29, 1.82) is 0 Å². The van der Waals surface area contributed by atoms with E-state index in [1.165, 1.54) is 25.7 Å². The van der Waals surface area contributed by atoms with Crippen molar-refractivity contribution >= 4 is 43.5 Å². The van der Waals surface area contributed by atoms with Crippen molar-refractivity contribution < 1.29 is 14.9 Å². The summed E-state index contributed by atoms with van der Waals surface area (Å²) in [5, 5.41) is 8.91. The first kappa shape index (κ1) is 17.3. The normalized spacial score (nSPS) is 24.0. The van der Waals surface area contributed by atoms with Gasteiger partial charge in [0.25, 0.3) is 0 Å². The fraction of sp³-hybridized carbons (Fsp3) is 0.917. The van der Waals surface area contributed by atoms with E-state index in [0.717, 1.165) is 25.7 Å². The number of rotatable bonds is 1. The molecule has 0 aromatic rings. The molecule has 0 amide bonds. The summed E-state index contributed by atoms with van der Waals surface area (Å²) >= 11 is 0. The second-order valence-electron chi connectivity index (χ2n) is 4.65. The van der Waals surface area contributed by atoms with Gasteiger partial charge < -0.3 is 0 Å². The third kappa shape index (κ3) is 7.37. The molecule has 1 unspecified atom stereocenters. The maximum atomic E-state index is 11.7. The summed E-state index contributed by atoms with van der Waals surface area (Å²) in [6.07, 6.45) is 9.61. The van der Waals surface area contributed by atoms with Gasteiger partial charge in [0.2, 0.25) is 10.7 Å². The third-order valence-electron chi connectivity index (χ3n) is 3.29. The summed E-state index contributed by atoms with van der Waals surface area (Å²) in [6.45, 7) is 0. The van der Waals surface area contributed by atoms with Crippen LogP contribution in [0, 0.1) is 4.91 Å². The number of hydrogen-bond donors (Lipinski definition) is 1. The molecule has 0 saturated heterocycles. The SMILES string of the molecule is O=C1CCCCCCCCCCC1[N+](=O)O.[CaH2]. The molecule has 96 valence electrons. The van der Waals surface area contributed by atoms with Crippen molar-refractivity contribution in [1.82, 2.24) is 0 Å². The molecule has 0 radical (unpaired) electrons. The first-order valence-electron chi connectivity index (χ1n) is 6.40.